The molecule has 1 fully saturated rings. The average Bonchev–Trinajstić information content (AvgIpc) is 2.84. The lowest BCUT2D eigenvalue weighted by atomic mass is 9.85. The minimum atomic E-state index is -4.84. The number of nitrogens with zero attached hydrogens (tertiary/aromatic N) is 1. The predicted octanol–water partition coefficient (Wildman–Crippen LogP) is 2.70. The molecule has 1 atom stereocenters. The van der Waals surface area contributed by atoms with Gasteiger partial charge in [-0.3, -0.25) is 14.4 Å². The number of nitrogens with one attached hydrogen (secondary N) is 1. The maximum absolute atomic E-state index is 12.5. The second-order valence-corrected chi connectivity index (χ2v) is 7.36. The van der Waals surface area contributed by atoms with Gasteiger partial charge in [-0.05, 0) is 24.0 Å². The van der Waals surface area contributed by atoms with E-state index in [0.717, 1.165) is 12.1 Å². The summed E-state index contributed by atoms with van der Waals surface area (Å²) in [7, 11) is 0. The number of carboxylic acids is 1. The van der Waals surface area contributed by atoms with Crippen molar-refractivity contribution >= 4 is 23.5 Å². The van der Waals surface area contributed by atoms with E-state index in [1.807, 2.05) is 0 Å². The smallest absolute Gasteiger partial charge is 0.481 e. The minimum Gasteiger partial charge on any atom is -0.481 e. The number of rotatable bonds is 7. The molecule has 0 saturated carbocycles. The first kappa shape index (κ1) is 21.5. The van der Waals surface area contributed by atoms with E-state index in [4.69, 9.17) is 5.11 Å². The Balaban J connectivity index is 2.00. The summed E-state index contributed by atoms with van der Waals surface area (Å²) >= 11 is 0. The molecule has 28 heavy (non-hydrogen) atoms. The van der Waals surface area contributed by atoms with Gasteiger partial charge in [0.05, 0.1) is 6.42 Å². The van der Waals surface area contributed by atoms with Crippen molar-refractivity contribution in [2.45, 2.75) is 45.5 Å². The Morgan fingerprint density at radius 1 is 1.29 bits per heavy atom. The fraction of sp³-hybridized carbons (Fsp3) is 0.500. The normalized spacial score (nSPS) is 17.5. The molecular formula is C18H21F3N2O5. The van der Waals surface area contributed by atoms with Gasteiger partial charge in [0.15, 0.2) is 0 Å². The van der Waals surface area contributed by atoms with Crippen LogP contribution in [0.3, 0.4) is 0 Å². The zero-order valence-electron chi connectivity index (χ0n) is 15.4. The summed E-state index contributed by atoms with van der Waals surface area (Å²) in [6.45, 7) is 3.49. The number of hydrogen-bond acceptors (Lipinski definition) is 4. The number of carboxylic acid groups (broad SMARTS) is 1. The number of anilines is 1. The van der Waals surface area contributed by atoms with Gasteiger partial charge in [0, 0.05) is 24.7 Å². The zero-order valence-corrected chi connectivity index (χ0v) is 15.4. The van der Waals surface area contributed by atoms with Crippen LogP contribution in [0.1, 0.15) is 33.1 Å². The second kappa shape index (κ2) is 8.07. The highest BCUT2D eigenvalue weighted by atomic mass is 19.4. The fourth-order valence-electron chi connectivity index (χ4n) is 3.07. The summed E-state index contributed by atoms with van der Waals surface area (Å²) in [5.74, 6) is -2.38. The van der Waals surface area contributed by atoms with Gasteiger partial charge in [-0.15, -0.1) is 13.2 Å². The van der Waals surface area contributed by atoms with E-state index in [-0.39, 0.29) is 31.5 Å². The van der Waals surface area contributed by atoms with Crippen molar-refractivity contribution in [2.24, 2.45) is 5.41 Å². The monoisotopic (exact) mass is 402 g/mol. The molecule has 0 spiro atoms. The van der Waals surface area contributed by atoms with Crippen molar-refractivity contribution in [1.82, 2.24) is 5.32 Å². The maximum atomic E-state index is 12.5. The Morgan fingerprint density at radius 2 is 1.96 bits per heavy atom. The van der Waals surface area contributed by atoms with Crippen LogP contribution < -0.4 is 15.0 Å². The van der Waals surface area contributed by atoms with E-state index in [9.17, 15) is 27.6 Å². The van der Waals surface area contributed by atoms with Crippen LogP contribution in [0.15, 0.2) is 24.3 Å². The largest absolute Gasteiger partial charge is 0.573 e. The molecule has 0 aliphatic carbocycles. The molecule has 2 rings (SSSR count). The molecule has 1 aromatic rings. The number of hydrogen-bond donors (Lipinski definition) is 2. The van der Waals surface area contributed by atoms with E-state index < -0.39 is 41.4 Å². The third-order valence-electron chi connectivity index (χ3n) is 4.17. The number of carbonyl (C=O) groups excluding carboxylic acids is 2. The molecule has 1 aliphatic heterocycles. The van der Waals surface area contributed by atoms with Crippen molar-refractivity contribution < 1.29 is 37.4 Å². The molecule has 154 valence electrons. The van der Waals surface area contributed by atoms with E-state index in [0.29, 0.717) is 0 Å². The maximum Gasteiger partial charge on any atom is 0.573 e. The van der Waals surface area contributed by atoms with Crippen LogP contribution >= 0.6 is 0 Å². The van der Waals surface area contributed by atoms with Gasteiger partial charge < -0.3 is 20.1 Å². The van der Waals surface area contributed by atoms with Gasteiger partial charge in [0.1, 0.15) is 11.8 Å². The van der Waals surface area contributed by atoms with E-state index in [1.54, 1.807) is 13.8 Å². The van der Waals surface area contributed by atoms with E-state index in [2.05, 4.69) is 10.1 Å². The third kappa shape index (κ3) is 6.14. The number of amides is 2. The molecule has 1 aliphatic rings. The molecule has 1 unspecified atom stereocenters. The summed E-state index contributed by atoms with van der Waals surface area (Å²) in [6.07, 6.45) is -4.82. The molecule has 0 bridgehead atoms. The molecule has 0 aromatic heterocycles. The van der Waals surface area contributed by atoms with Gasteiger partial charge in [-0.1, -0.05) is 19.9 Å². The molecule has 2 N–H and O–H groups in total. The van der Waals surface area contributed by atoms with Crippen LogP contribution in [0.25, 0.3) is 0 Å². The topological polar surface area (TPSA) is 95.9 Å². The standard InChI is InChI=1S/C18H21F3N2O5/c1-17(2,10-15(25)26)9-14(24)22-13-6-7-23(16(13)27)11-4-3-5-12(8-11)28-18(19,20)21/h3-5,8,13H,6-7,9-10H2,1-2H3,(H,22,24)(H,25,26). The number of benzene rings is 1. The predicted molar refractivity (Wildman–Crippen MR) is 92.7 cm³/mol. The second-order valence-electron chi connectivity index (χ2n) is 7.36. The van der Waals surface area contributed by atoms with Crippen molar-refractivity contribution in [3.8, 4) is 5.75 Å². The highest BCUT2D eigenvalue weighted by Gasteiger charge is 2.36. The van der Waals surface area contributed by atoms with Crippen molar-refractivity contribution in [2.75, 3.05) is 11.4 Å². The van der Waals surface area contributed by atoms with Gasteiger partial charge >= 0.3 is 12.3 Å². The molecular weight excluding hydrogens is 381 g/mol. The summed E-state index contributed by atoms with van der Waals surface area (Å²) < 4.78 is 40.9. The van der Waals surface area contributed by atoms with Crippen LogP contribution in [-0.2, 0) is 14.4 Å². The van der Waals surface area contributed by atoms with Gasteiger partial charge in [-0.25, -0.2) is 0 Å². The Morgan fingerprint density at radius 3 is 2.57 bits per heavy atom. The Hall–Kier alpha value is -2.78. The molecule has 2 amide bonds. The van der Waals surface area contributed by atoms with Crippen LogP contribution in [0.2, 0.25) is 0 Å². The first-order valence-corrected chi connectivity index (χ1v) is 8.55. The van der Waals surface area contributed by atoms with E-state index >= 15 is 0 Å². The van der Waals surface area contributed by atoms with E-state index in [1.165, 1.54) is 17.0 Å². The van der Waals surface area contributed by atoms with Gasteiger partial charge in [-0.2, -0.15) is 0 Å². The highest BCUT2D eigenvalue weighted by molar-refractivity contribution is 6.01. The third-order valence-corrected chi connectivity index (χ3v) is 4.17. The summed E-state index contributed by atoms with van der Waals surface area (Å²) in [6, 6.07) is 4.22. The molecule has 7 nitrogen and oxygen atoms in total. The van der Waals surface area contributed by atoms with Crippen LogP contribution in [0.4, 0.5) is 18.9 Å². The summed E-state index contributed by atoms with van der Waals surface area (Å²) in [5.41, 5.74) is -0.546. The lowest BCUT2D eigenvalue weighted by Gasteiger charge is -2.23. The SMILES string of the molecule is CC(C)(CC(=O)O)CC(=O)NC1CCN(c2cccc(OC(F)(F)F)c2)C1=O. The Labute approximate surface area is 159 Å². The molecule has 10 heteroatoms. The lowest BCUT2D eigenvalue weighted by molar-refractivity contribution is -0.274. The first-order valence-electron chi connectivity index (χ1n) is 8.55. The molecule has 0 radical (unpaired) electrons. The quantitative estimate of drug-likeness (QED) is 0.731. The number of halogens is 3. The van der Waals surface area contributed by atoms with Crippen molar-refractivity contribution in [3.05, 3.63) is 24.3 Å². The number of ether oxygens (including phenoxy) is 1. The van der Waals surface area contributed by atoms with Crippen molar-refractivity contribution in [1.29, 1.82) is 0 Å². The van der Waals surface area contributed by atoms with Crippen LogP contribution in [0, 0.1) is 5.41 Å². The summed E-state index contributed by atoms with van der Waals surface area (Å²) in [5, 5.41) is 11.4. The number of aliphatic carboxylic acids is 1. The zero-order chi connectivity index (χ0) is 21.1. The van der Waals surface area contributed by atoms with Gasteiger partial charge in [0.2, 0.25) is 11.8 Å². The minimum absolute atomic E-state index is 0.0714. The molecule has 1 aromatic carbocycles. The average molecular weight is 402 g/mol. The van der Waals surface area contributed by atoms with Crippen LogP contribution in [0.5, 0.6) is 5.75 Å². The fourth-order valence-corrected chi connectivity index (χ4v) is 3.07. The Kier molecular flexibility index (Phi) is 6.20. The van der Waals surface area contributed by atoms with Crippen molar-refractivity contribution in [3.63, 3.8) is 0 Å². The van der Waals surface area contributed by atoms with Gasteiger partial charge in [0.25, 0.3) is 0 Å². The number of alkyl halides is 3. The molecule has 1 heterocycles. The highest BCUT2D eigenvalue weighted by Crippen LogP contribution is 2.29. The Bertz CT molecular complexity index is 764. The lowest BCUT2D eigenvalue weighted by Crippen LogP contribution is -2.43. The molecule has 1 saturated heterocycles. The summed E-state index contributed by atoms with van der Waals surface area (Å²) in [4.78, 5) is 36.8. The first-order chi connectivity index (χ1) is 12.9. The number of carbonyl (C=O) groups is 3. The van der Waals surface area contributed by atoms with Crippen LogP contribution in [-0.4, -0.2) is 41.8 Å².